The molecule has 0 heterocycles. The second kappa shape index (κ2) is 9.91. The smallest absolute Gasteiger partial charge is 0.748 e. The van der Waals surface area contributed by atoms with Crippen LogP contribution in [0.3, 0.4) is 0 Å². The van der Waals surface area contributed by atoms with Crippen LogP contribution >= 0.6 is 0 Å². The van der Waals surface area contributed by atoms with Crippen molar-refractivity contribution < 1.29 is 76.3 Å². The van der Waals surface area contributed by atoms with Gasteiger partial charge in [-0.05, 0) is 56.6 Å². The number of hydrogen-bond donors (Lipinski definition) is 2. The summed E-state index contributed by atoms with van der Waals surface area (Å²) in [5, 5.41) is 23.1. The largest absolute Gasteiger partial charge is 1.00 e. The number of aliphatic hydroxyl groups excluding tert-OH is 1. The van der Waals surface area contributed by atoms with Crippen LogP contribution < -0.4 is 29.6 Å². The molecule has 200 valence electrons. The normalized spacial score (nSPS) is 42.6. The summed E-state index contributed by atoms with van der Waals surface area (Å²) in [5.41, 5.74) is -5.93. The minimum atomic E-state index is -4.64. The Morgan fingerprint density at radius 1 is 1.27 bits per heavy atom. The molecule has 0 aliphatic heterocycles. The Labute approximate surface area is 237 Å². The number of halogens is 1. The third-order valence-corrected chi connectivity index (χ3v) is 10.3. The van der Waals surface area contributed by atoms with Crippen molar-refractivity contribution in [3.63, 3.8) is 0 Å². The van der Waals surface area contributed by atoms with E-state index in [9.17, 15) is 37.6 Å². The molecule has 0 bridgehead atoms. The first-order chi connectivity index (χ1) is 16.5. The fraction of sp³-hybridized carbons (Fsp3) is 0.720. The first kappa shape index (κ1) is 30.6. The maximum atomic E-state index is 17.1. The van der Waals surface area contributed by atoms with Gasteiger partial charge < -0.3 is 19.5 Å². The number of fused-ring (bicyclic) bond motifs is 5. The Bertz CT molecular complexity index is 1170. The number of carbonyl (C=O) groups is 3. The van der Waals surface area contributed by atoms with Gasteiger partial charge in [-0.2, -0.15) is 0 Å². The monoisotopic (exact) mass is 550 g/mol. The number of carbonyl (C=O) groups excluding carboxylic acids is 3. The summed E-state index contributed by atoms with van der Waals surface area (Å²) >= 11 is 0. The first-order valence-corrected chi connectivity index (χ1v) is 13.7. The van der Waals surface area contributed by atoms with Gasteiger partial charge in [-0.3, -0.25) is 14.4 Å². The van der Waals surface area contributed by atoms with Crippen molar-refractivity contribution in [3.8, 4) is 0 Å². The number of esters is 1. The zero-order chi connectivity index (χ0) is 26.9. The SMILES string of the molecule is C[C@@H]1CC2C3CCC4=CC(=O)C=C[C@]4(C)[C@@]3(F)[C@@H](O)C[C@]2(C)[C@@]1(O)C(=O)COC(=O)CCS(=O)(=O)[O-].[Na+]. The molecule has 3 fully saturated rings. The summed E-state index contributed by atoms with van der Waals surface area (Å²) in [6.07, 6.45) is 2.90. The molecule has 0 amide bonds. The van der Waals surface area contributed by atoms with Crippen LogP contribution in [0.5, 0.6) is 0 Å². The van der Waals surface area contributed by atoms with Crippen molar-refractivity contribution >= 4 is 27.7 Å². The van der Waals surface area contributed by atoms with Crippen LogP contribution in [0.25, 0.3) is 0 Å². The molecule has 4 rings (SSSR count). The summed E-state index contributed by atoms with van der Waals surface area (Å²) in [6, 6.07) is 0. The molecule has 0 aromatic carbocycles. The van der Waals surface area contributed by atoms with Gasteiger partial charge in [-0.1, -0.05) is 25.5 Å². The molecular weight excluding hydrogens is 518 g/mol. The fourth-order valence-electron chi connectivity index (χ4n) is 7.68. The molecule has 0 spiro atoms. The van der Waals surface area contributed by atoms with Gasteiger partial charge in [0.15, 0.2) is 18.1 Å². The molecule has 2 unspecified atom stereocenters. The van der Waals surface area contributed by atoms with Crippen molar-refractivity contribution in [2.24, 2.45) is 28.6 Å². The van der Waals surface area contributed by atoms with E-state index in [0.717, 1.165) is 0 Å². The van der Waals surface area contributed by atoms with E-state index >= 15 is 4.39 Å². The summed E-state index contributed by atoms with van der Waals surface area (Å²) in [6.45, 7) is 4.16. The van der Waals surface area contributed by atoms with Crippen molar-refractivity contribution in [1.29, 1.82) is 0 Å². The van der Waals surface area contributed by atoms with Crippen molar-refractivity contribution in [1.82, 2.24) is 0 Å². The van der Waals surface area contributed by atoms with E-state index in [-0.39, 0.29) is 41.8 Å². The predicted molar refractivity (Wildman–Crippen MR) is 123 cm³/mol. The number of ketones is 2. The number of allylic oxidation sites excluding steroid dienone is 4. The van der Waals surface area contributed by atoms with Gasteiger partial charge in [-0.15, -0.1) is 0 Å². The number of aliphatic hydroxyl groups is 2. The van der Waals surface area contributed by atoms with Crippen LogP contribution in [0.1, 0.15) is 52.9 Å². The second-order valence-electron chi connectivity index (χ2n) is 11.3. The molecule has 0 radical (unpaired) electrons. The Hall–Kier alpha value is -0.950. The van der Waals surface area contributed by atoms with Crippen molar-refractivity contribution in [3.05, 3.63) is 23.8 Å². The van der Waals surface area contributed by atoms with E-state index in [4.69, 9.17) is 4.74 Å². The number of alkyl halides is 1. The average Bonchev–Trinajstić information content (AvgIpc) is 2.98. The third kappa shape index (κ3) is 4.52. The first-order valence-electron chi connectivity index (χ1n) is 12.2. The topological polar surface area (TPSA) is 158 Å². The molecule has 3 saturated carbocycles. The van der Waals surface area contributed by atoms with Gasteiger partial charge in [0.25, 0.3) is 0 Å². The Morgan fingerprint density at radius 2 is 1.92 bits per heavy atom. The van der Waals surface area contributed by atoms with Crippen LogP contribution in [-0.4, -0.2) is 70.5 Å². The third-order valence-electron chi connectivity index (χ3n) is 9.57. The zero-order valence-corrected chi connectivity index (χ0v) is 24.3. The van der Waals surface area contributed by atoms with Crippen LogP contribution in [-0.2, 0) is 29.2 Å². The summed E-state index contributed by atoms with van der Waals surface area (Å²) < 4.78 is 54.2. The van der Waals surface area contributed by atoms with Gasteiger partial charge in [0.05, 0.1) is 22.6 Å². The molecule has 12 heteroatoms. The van der Waals surface area contributed by atoms with Crippen LogP contribution in [0, 0.1) is 28.6 Å². The van der Waals surface area contributed by atoms with E-state index in [0.29, 0.717) is 24.8 Å². The minimum absolute atomic E-state index is 0. The van der Waals surface area contributed by atoms with Crippen molar-refractivity contribution in [2.75, 3.05) is 12.4 Å². The summed E-state index contributed by atoms with van der Waals surface area (Å²) in [5.74, 6) is -4.88. The second-order valence-corrected chi connectivity index (χ2v) is 12.8. The van der Waals surface area contributed by atoms with Crippen LogP contribution in [0.4, 0.5) is 4.39 Å². The molecule has 8 atom stereocenters. The Balaban J connectivity index is 0.00000380. The van der Waals surface area contributed by atoms with Crippen molar-refractivity contribution in [2.45, 2.75) is 70.2 Å². The molecule has 4 aliphatic rings. The fourth-order valence-corrected chi connectivity index (χ4v) is 8.09. The maximum absolute atomic E-state index is 17.1. The molecule has 4 aliphatic carbocycles. The van der Waals surface area contributed by atoms with E-state index < -0.39 is 86.6 Å². The maximum Gasteiger partial charge on any atom is 1.00 e. The van der Waals surface area contributed by atoms with Gasteiger partial charge in [0, 0.05) is 22.5 Å². The molecule has 2 N–H and O–H groups in total. The molecule has 0 saturated heterocycles. The van der Waals surface area contributed by atoms with Gasteiger partial charge in [0.1, 0.15) is 5.60 Å². The predicted octanol–water partition coefficient (Wildman–Crippen LogP) is -1.61. The van der Waals surface area contributed by atoms with E-state index in [1.54, 1.807) is 20.8 Å². The molecular formula is C25H32FNaO9S. The van der Waals surface area contributed by atoms with E-state index in [1.807, 2.05) is 0 Å². The van der Waals surface area contributed by atoms with Gasteiger partial charge in [0.2, 0.25) is 5.78 Å². The number of ether oxygens (including phenoxy) is 1. The number of hydrogen-bond acceptors (Lipinski definition) is 9. The van der Waals surface area contributed by atoms with E-state index in [1.165, 1.54) is 18.2 Å². The standard InChI is InChI=1S/C25H33FO9S.Na/c1-14-10-18-17-5-4-15-11-16(27)6-8-22(15,2)24(17,26)19(28)12-23(18,3)25(14,31)20(29)13-35-21(30)7-9-36(32,33)34;/h6,8,11,14,17-19,28,31H,4-5,7,9-10,12-13H2,1-3H3,(H,32,33,34);/q;+1/p-1/t14-,17?,18?,19+,22+,23+,24+,25+;/m1./s1. The Morgan fingerprint density at radius 3 is 2.54 bits per heavy atom. The average molecular weight is 551 g/mol. The molecule has 0 aromatic heterocycles. The van der Waals surface area contributed by atoms with Gasteiger partial charge >= 0.3 is 35.5 Å². The zero-order valence-electron chi connectivity index (χ0n) is 21.5. The molecule has 37 heavy (non-hydrogen) atoms. The summed E-state index contributed by atoms with van der Waals surface area (Å²) in [7, 11) is -4.64. The van der Waals surface area contributed by atoms with Crippen LogP contribution in [0.2, 0.25) is 0 Å². The minimum Gasteiger partial charge on any atom is -0.748 e. The van der Waals surface area contributed by atoms with E-state index in [2.05, 4.69) is 0 Å². The molecule has 9 nitrogen and oxygen atoms in total. The summed E-state index contributed by atoms with van der Waals surface area (Å²) in [4.78, 5) is 37.1. The Kier molecular flexibility index (Phi) is 8.19. The number of rotatable bonds is 6. The van der Waals surface area contributed by atoms with Gasteiger partial charge in [-0.25, -0.2) is 12.8 Å². The quantitative estimate of drug-likeness (QED) is 0.225. The van der Waals surface area contributed by atoms with Crippen LogP contribution in [0.15, 0.2) is 23.8 Å². The molecule has 0 aromatic rings. The number of Topliss-reactive ketones (excluding diaryl/α,β-unsaturated/α-hetero) is 1.